The molecule has 3 aromatic rings. The Morgan fingerprint density at radius 1 is 1.28 bits per heavy atom. The van der Waals surface area contributed by atoms with Crippen LogP contribution in [-0.2, 0) is 19.4 Å². The smallest absolute Gasteiger partial charge is 0.306 e. The van der Waals surface area contributed by atoms with Gasteiger partial charge in [-0.25, -0.2) is 12.8 Å². The first-order valence-electron chi connectivity index (χ1n) is 9.80. The third-order valence-corrected chi connectivity index (χ3v) is 7.69. The van der Waals surface area contributed by atoms with Crippen molar-refractivity contribution in [2.24, 2.45) is 0 Å². The molecule has 0 saturated carbocycles. The summed E-state index contributed by atoms with van der Waals surface area (Å²) in [4.78, 5) is 26.2. The van der Waals surface area contributed by atoms with Gasteiger partial charge in [0, 0.05) is 44.5 Å². The molecule has 168 valence electrons. The minimum absolute atomic E-state index is 0.0409. The Hall–Kier alpha value is -2.36. The van der Waals surface area contributed by atoms with Crippen LogP contribution in [0.1, 0.15) is 36.2 Å². The quantitative estimate of drug-likeness (QED) is 0.444. The highest BCUT2D eigenvalue weighted by Gasteiger charge is 2.38. The first kappa shape index (κ1) is 22.8. The van der Waals surface area contributed by atoms with Gasteiger partial charge in [-0.1, -0.05) is 23.4 Å². The third kappa shape index (κ3) is 4.16. The maximum atomic E-state index is 14.4. The van der Waals surface area contributed by atoms with Crippen molar-refractivity contribution in [1.82, 2.24) is 4.57 Å². The predicted octanol–water partition coefficient (Wildman–Crippen LogP) is 5.07. The van der Waals surface area contributed by atoms with Gasteiger partial charge >= 0.3 is 5.97 Å². The van der Waals surface area contributed by atoms with E-state index in [9.17, 15) is 22.4 Å². The minimum atomic E-state index is -3.82. The molecule has 0 amide bonds. The average molecular weight is 496 g/mol. The summed E-state index contributed by atoms with van der Waals surface area (Å²) in [5.41, 5.74) is 0.668. The molecule has 0 N–H and O–H groups in total. The molecule has 32 heavy (non-hydrogen) atoms. The van der Waals surface area contributed by atoms with Crippen LogP contribution in [0.2, 0.25) is 5.02 Å². The third-order valence-electron chi connectivity index (χ3n) is 5.20. The molecular formula is C22H19ClFNO5S2. The van der Waals surface area contributed by atoms with E-state index in [0.29, 0.717) is 15.6 Å². The Balaban J connectivity index is 2.00. The number of sulfone groups is 1. The van der Waals surface area contributed by atoms with Gasteiger partial charge in [0.25, 0.3) is 0 Å². The van der Waals surface area contributed by atoms with Crippen molar-refractivity contribution in [3.8, 4) is 0 Å². The van der Waals surface area contributed by atoms with Crippen molar-refractivity contribution in [2.45, 2.75) is 40.4 Å². The number of halogens is 2. The summed E-state index contributed by atoms with van der Waals surface area (Å²) in [7, 11) is -3.82. The second-order valence-corrected chi connectivity index (χ2v) is 11.0. The van der Waals surface area contributed by atoms with Gasteiger partial charge in [-0.2, -0.15) is 0 Å². The highest BCUT2D eigenvalue weighted by Crippen LogP contribution is 2.48. The van der Waals surface area contributed by atoms with Crippen molar-refractivity contribution < 1.29 is 27.1 Å². The van der Waals surface area contributed by atoms with E-state index in [-0.39, 0.29) is 41.2 Å². The topological polar surface area (TPSA) is 82.4 Å². The van der Waals surface area contributed by atoms with Gasteiger partial charge in [0.1, 0.15) is 5.82 Å². The summed E-state index contributed by atoms with van der Waals surface area (Å²) in [6.07, 6.45) is 1.00. The van der Waals surface area contributed by atoms with E-state index in [4.69, 9.17) is 16.3 Å². The van der Waals surface area contributed by atoms with Crippen LogP contribution in [0, 0.1) is 5.82 Å². The van der Waals surface area contributed by atoms with Crippen molar-refractivity contribution in [3.63, 3.8) is 0 Å². The van der Waals surface area contributed by atoms with Gasteiger partial charge in [-0.15, -0.1) is 0 Å². The SMILES string of the molecule is CCOC(=O)CC1CC(=O)n2c1c(Sc1ccc(Cl)cc1)c1c(S(C)(=O)=O)cc(F)cc12. The second kappa shape index (κ2) is 8.53. The number of esters is 1. The van der Waals surface area contributed by atoms with Crippen LogP contribution in [0.5, 0.6) is 0 Å². The van der Waals surface area contributed by atoms with Crippen LogP contribution in [0.3, 0.4) is 0 Å². The Morgan fingerprint density at radius 2 is 1.97 bits per heavy atom. The lowest BCUT2D eigenvalue weighted by atomic mass is 10.00. The monoisotopic (exact) mass is 495 g/mol. The summed E-state index contributed by atoms with van der Waals surface area (Å²) >= 11 is 7.23. The molecule has 0 spiro atoms. The Morgan fingerprint density at radius 3 is 2.59 bits per heavy atom. The molecule has 0 bridgehead atoms. The van der Waals surface area contributed by atoms with E-state index in [1.54, 1.807) is 31.2 Å². The molecule has 0 fully saturated rings. The van der Waals surface area contributed by atoms with Crippen molar-refractivity contribution >= 4 is 56.0 Å². The lowest BCUT2D eigenvalue weighted by molar-refractivity contribution is -0.143. The molecular weight excluding hydrogens is 477 g/mol. The highest BCUT2D eigenvalue weighted by atomic mass is 35.5. The first-order valence-corrected chi connectivity index (χ1v) is 12.9. The fourth-order valence-electron chi connectivity index (χ4n) is 3.97. The molecule has 6 nitrogen and oxygen atoms in total. The van der Waals surface area contributed by atoms with Crippen molar-refractivity contribution in [3.05, 3.63) is 52.9 Å². The number of benzene rings is 2. The molecule has 0 aliphatic carbocycles. The Kier molecular flexibility index (Phi) is 6.08. The fraction of sp³-hybridized carbons (Fsp3) is 0.273. The number of hydrogen-bond acceptors (Lipinski definition) is 6. The van der Waals surface area contributed by atoms with Gasteiger partial charge in [-0.3, -0.25) is 14.2 Å². The zero-order valence-corrected chi connectivity index (χ0v) is 19.6. The average Bonchev–Trinajstić information content (AvgIpc) is 3.18. The van der Waals surface area contributed by atoms with Crippen LogP contribution >= 0.6 is 23.4 Å². The lowest BCUT2D eigenvalue weighted by Crippen LogP contribution is -2.09. The van der Waals surface area contributed by atoms with Crippen LogP contribution in [0.25, 0.3) is 10.9 Å². The maximum absolute atomic E-state index is 14.4. The minimum Gasteiger partial charge on any atom is -0.466 e. The molecule has 0 radical (unpaired) electrons. The van der Waals surface area contributed by atoms with Crippen LogP contribution in [0.4, 0.5) is 4.39 Å². The number of rotatable bonds is 6. The van der Waals surface area contributed by atoms with Crippen molar-refractivity contribution in [2.75, 3.05) is 12.9 Å². The molecule has 0 saturated heterocycles. The fourth-order valence-corrected chi connectivity index (χ4v) is 6.26. The van der Waals surface area contributed by atoms with Gasteiger partial charge in [0.05, 0.1) is 23.4 Å². The number of ether oxygens (including phenoxy) is 1. The molecule has 10 heteroatoms. The van der Waals surface area contributed by atoms with Crippen LogP contribution < -0.4 is 0 Å². The zero-order valence-electron chi connectivity index (χ0n) is 17.2. The number of hydrogen-bond donors (Lipinski definition) is 0. The van der Waals surface area contributed by atoms with Gasteiger partial charge < -0.3 is 4.74 Å². The van der Waals surface area contributed by atoms with E-state index in [2.05, 4.69) is 0 Å². The lowest BCUT2D eigenvalue weighted by Gasteiger charge is -2.12. The molecule has 1 aliphatic rings. The molecule has 2 heterocycles. The van der Waals surface area contributed by atoms with E-state index in [1.807, 2.05) is 0 Å². The Bertz CT molecular complexity index is 1350. The summed E-state index contributed by atoms with van der Waals surface area (Å²) in [6.45, 7) is 1.90. The first-order chi connectivity index (χ1) is 15.1. The molecule has 1 aromatic heterocycles. The maximum Gasteiger partial charge on any atom is 0.306 e. The van der Waals surface area contributed by atoms with Crippen molar-refractivity contribution in [1.29, 1.82) is 0 Å². The molecule has 1 unspecified atom stereocenters. The normalized spacial score (nSPS) is 15.9. The van der Waals surface area contributed by atoms with E-state index >= 15 is 0 Å². The van der Waals surface area contributed by atoms with Gasteiger partial charge in [0.15, 0.2) is 9.84 Å². The summed E-state index contributed by atoms with van der Waals surface area (Å²) in [6, 6.07) is 9.04. The summed E-state index contributed by atoms with van der Waals surface area (Å²) in [5, 5.41) is 0.807. The number of carbonyl (C=O) groups is 2. The second-order valence-electron chi connectivity index (χ2n) is 7.48. The number of carbonyl (C=O) groups excluding carboxylic acids is 2. The predicted molar refractivity (Wildman–Crippen MR) is 120 cm³/mol. The standard InChI is InChI=1S/C22H19ClFNO5S2/c1-3-30-19(27)9-12-8-18(26)25-16-10-14(24)11-17(32(2,28)29)20(16)22(21(12)25)31-15-6-4-13(23)5-7-15/h4-7,10-12H,3,8-9H2,1-2H3. The summed E-state index contributed by atoms with van der Waals surface area (Å²) in [5.74, 6) is -2.06. The highest BCUT2D eigenvalue weighted by molar-refractivity contribution is 7.99. The van der Waals surface area contributed by atoms with E-state index in [0.717, 1.165) is 23.3 Å². The van der Waals surface area contributed by atoms with Gasteiger partial charge in [0.2, 0.25) is 5.91 Å². The molecule has 4 rings (SSSR count). The van der Waals surface area contributed by atoms with Gasteiger partial charge in [-0.05, 0) is 43.3 Å². The van der Waals surface area contributed by atoms with E-state index in [1.165, 1.54) is 16.3 Å². The zero-order chi connectivity index (χ0) is 23.2. The van der Waals surface area contributed by atoms with E-state index < -0.39 is 27.5 Å². The Labute approximate surface area is 193 Å². The molecule has 1 atom stereocenters. The van der Waals surface area contributed by atoms with Crippen LogP contribution in [0.15, 0.2) is 51.1 Å². The van der Waals surface area contributed by atoms with Crippen LogP contribution in [-0.4, -0.2) is 37.7 Å². The number of aromatic nitrogens is 1. The molecule has 1 aliphatic heterocycles. The molecule has 2 aromatic carbocycles. The number of nitrogens with zero attached hydrogens (tertiary/aromatic N) is 1. The largest absolute Gasteiger partial charge is 0.466 e. The number of fused-ring (bicyclic) bond motifs is 3. The summed E-state index contributed by atoms with van der Waals surface area (Å²) < 4.78 is 45.9.